The van der Waals surface area contributed by atoms with Crippen LogP contribution in [0.3, 0.4) is 0 Å². The van der Waals surface area contributed by atoms with E-state index in [1.54, 1.807) is 0 Å². The highest BCUT2D eigenvalue weighted by Crippen LogP contribution is 0.741. The maximum Gasteiger partial charge on any atom is 0 e. The molecule has 0 saturated carbocycles. The second-order valence-electron chi connectivity index (χ2n) is 0. The van der Waals surface area contributed by atoms with Gasteiger partial charge in [0.05, 0.1) is 0 Å². The fourth-order valence-electron chi connectivity index (χ4n) is 0. The van der Waals surface area contributed by atoms with Gasteiger partial charge in [-0.3, -0.25) is 0 Å². The van der Waals surface area contributed by atoms with Gasteiger partial charge in [-0.2, -0.15) is 0 Å². The Morgan fingerprint density at radius 3 is 0.545 bits per heavy atom. The van der Waals surface area contributed by atoms with Gasteiger partial charge in [-0.1, -0.05) is 37.1 Å². The summed E-state index contributed by atoms with van der Waals surface area (Å²) in [6.07, 6.45) is 0. The van der Waals surface area contributed by atoms with Gasteiger partial charge in [-0.25, -0.2) is 0 Å². The first-order valence-corrected chi connectivity index (χ1v) is 0.167. The number of hydrogen-bond donors (Lipinski definition) is 0. The first-order valence-electron chi connectivity index (χ1n) is 0.167. The molecular formula is C5H36O6-2. The van der Waals surface area contributed by atoms with Crippen molar-refractivity contribution in [3.63, 3.8) is 0 Å². The van der Waals surface area contributed by atoms with Crippen LogP contribution in [0, 0.1) is 9.93 Å². The molecule has 0 aromatic carbocycles. The van der Waals surface area contributed by atoms with Gasteiger partial charge >= 0.3 is 0 Å². The minimum atomic E-state index is 0. The maximum absolute atomic E-state index is 7.00. The fourth-order valence-corrected chi connectivity index (χ4v) is 0. The van der Waals surface area contributed by atoms with Crippen molar-refractivity contribution in [3.8, 4) is 0 Å². The SMILES string of the molecule is C.C.C.C.C.O.O.O=O.[HH].[HH].[HH].[HH].[HH].[OH-].[OH-]. The Morgan fingerprint density at radius 2 is 0.545 bits per heavy atom. The van der Waals surface area contributed by atoms with E-state index in [4.69, 9.17) is 9.93 Å². The average Bonchev–Trinajstić information content (AvgIpc) is 1.00. The van der Waals surface area contributed by atoms with Crippen LogP contribution >= 0.6 is 0 Å². The Labute approximate surface area is 77.5 Å². The Hall–Kier alpha value is -0.560. The second kappa shape index (κ2) is 2140. The summed E-state index contributed by atoms with van der Waals surface area (Å²) in [5.41, 5.74) is 0. The van der Waals surface area contributed by atoms with Crippen LogP contribution < -0.4 is 0 Å². The predicted octanol–water partition coefficient (Wildman–Crippen LogP) is 2.47. The molecule has 0 radical (unpaired) electrons. The zero-order valence-electron chi connectivity index (χ0n) is 2.71. The summed E-state index contributed by atoms with van der Waals surface area (Å²) in [6, 6.07) is 0. The largest absolute Gasteiger partial charge is 0.870 e. The van der Waals surface area contributed by atoms with Crippen LogP contribution in [-0.4, -0.2) is 21.9 Å². The van der Waals surface area contributed by atoms with Gasteiger partial charge in [-0.05, 0) is 0 Å². The summed E-state index contributed by atoms with van der Waals surface area (Å²) < 4.78 is 0. The molecule has 6 heteroatoms. The molecule has 0 aliphatic heterocycles. The van der Waals surface area contributed by atoms with E-state index in [2.05, 4.69) is 0 Å². The lowest BCUT2D eigenvalue weighted by Gasteiger charge is -0.871. The van der Waals surface area contributed by atoms with Crippen LogP contribution in [0.1, 0.15) is 44.3 Å². The second-order valence-corrected chi connectivity index (χ2v) is 0. The summed E-state index contributed by atoms with van der Waals surface area (Å²) >= 11 is 0. The van der Waals surface area contributed by atoms with Gasteiger partial charge in [0.25, 0.3) is 0 Å². The van der Waals surface area contributed by atoms with Gasteiger partial charge in [0.1, 0.15) is 0 Å². The summed E-state index contributed by atoms with van der Waals surface area (Å²) in [4.78, 5) is 14.0. The third-order valence-electron chi connectivity index (χ3n) is 0. The summed E-state index contributed by atoms with van der Waals surface area (Å²) in [6.45, 7) is 0. The van der Waals surface area contributed by atoms with E-state index >= 15 is 0 Å². The van der Waals surface area contributed by atoms with E-state index < -0.39 is 0 Å². The van der Waals surface area contributed by atoms with Crippen molar-refractivity contribution < 1.29 is 29.0 Å². The smallest absolute Gasteiger partial charge is 0 e. The standard InChI is InChI=1S/5CH4.O2.4H2O.5H2/c;;;;;1-2;;;;;;;;;/h5*1H4;;4*1H2;5*1H/p-2. The zero-order valence-corrected chi connectivity index (χ0v) is 2.71. The molecule has 0 aliphatic rings. The lowest BCUT2D eigenvalue weighted by atomic mass is 12.0. The van der Waals surface area contributed by atoms with Gasteiger partial charge in [-0.15, -0.1) is 0 Å². The van der Waals surface area contributed by atoms with Gasteiger partial charge in [0.2, 0.25) is 0 Å². The normalized spacial score (nSPS) is 0.364. The van der Waals surface area contributed by atoms with Gasteiger partial charge in [0.15, 0.2) is 0 Å². The Kier molecular flexibility index (Phi) is 937000. The molecule has 6 nitrogen and oxygen atoms in total. The molecule has 0 unspecified atom stereocenters. The van der Waals surface area contributed by atoms with E-state index in [1.165, 1.54) is 0 Å². The highest BCUT2D eigenvalue weighted by atomic mass is 16.7. The van der Waals surface area contributed by atoms with Crippen molar-refractivity contribution in [2.75, 3.05) is 0 Å². The van der Waals surface area contributed by atoms with Crippen molar-refractivity contribution in [1.82, 2.24) is 0 Å². The summed E-state index contributed by atoms with van der Waals surface area (Å²) in [7, 11) is 0. The van der Waals surface area contributed by atoms with Crippen molar-refractivity contribution in [3.05, 3.63) is 9.93 Å². The molecule has 0 bridgehead atoms. The Morgan fingerprint density at radius 1 is 0.545 bits per heavy atom. The Bertz CT molecular complexity index is 25.3. The van der Waals surface area contributed by atoms with Crippen molar-refractivity contribution in [1.29, 1.82) is 0 Å². The Balaban J connectivity index is -0.0000000000549. The quantitative estimate of drug-likeness (QED) is 0.577. The van der Waals surface area contributed by atoms with E-state index in [0.29, 0.717) is 0 Å². The van der Waals surface area contributed by atoms with Crippen LogP contribution in [0.5, 0.6) is 0 Å². The van der Waals surface area contributed by atoms with Gasteiger partial charge in [0, 0.05) is 17.1 Å². The molecule has 0 fully saturated rings. The fraction of sp³-hybridized carbons (Fsp3) is 1.00. The van der Waals surface area contributed by atoms with Crippen molar-refractivity contribution in [2.45, 2.75) is 37.1 Å². The molecule has 0 spiro atoms. The molecule has 11 heavy (non-hydrogen) atoms. The van der Waals surface area contributed by atoms with Gasteiger partial charge < -0.3 is 21.9 Å². The molecule has 0 aromatic heterocycles. The van der Waals surface area contributed by atoms with Crippen LogP contribution in [0.2, 0.25) is 0 Å². The van der Waals surface area contributed by atoms with Crippen LogP contribution in [0.15, 0.2) is 0 Å². The van der Waals surface area contributed by atoms with Crippen molar-refractivity contribution in [2.24, 2.45) is 0 Å². The monoisotopic (exact) mass is 192 g/mol. The summed E-state index contributed by atoms with van der Waals surface area (Å²) in [5.74, 6) is 0. The molecule has 0 rings (SSSR count). The highest BCUT2D eigenvalue weighted by molar-refractivity contribution is 4.07. The molecule has 0 aliphatic carbocycles. The minimum absolute atomic E-state index is 0. The van der Waals surface area contributed by atoms with Crippen LogP contribution in [0.25, 0.3) is 0 Å². The molecule has 94 valence electrons. The zero-order chi connectivity index (χ0) is 2.00. The first-order chi connectivity index (χ1) is 1.00. The lowest BCUT2D eigenvalue weighted by Crippen LogP contribution is -0.674. The number of rotatable bonds is 0. The van der Waals surface area contributed by atoms with E-state index in [9.17, 15) is 0 Å². The average molecular weight is 192 g/mol. The predicted molar refractivity (Wildman–Crippen MR) is 62.1 cm³/mol. The molecule has 0 saturated heterocycles. The van der Waals surface area contributed by atoms with Crippen molar-refractivity contribution >= 4 is 0 Å². The van der Waals surface area contributed by atoms with Crippen LogP contribution in [-0.2, 0) is 0 Å². The molecule has 0 atom stereocenters. The summed E-state index contributed by atoms with van der Waals surface area (Å²) in [5, 5.41) is 0. The van der Waals surface area contributed by atoms with E-state index in [-0.39, 0.29) is 66.2 Å². The third-order valence-corrected chi connectivity index (χ3v) is 0. The molecular weight excluding hydrogens is 156 g/mol. The topological polar surface area (TPSA) is 157 Å². The molecule has 0 amide bonds. The molecule has 6 N–H and O–H groups in total. The molecule has 0 heterocycles. The highest BCUT2D eigenvalue weighted by Gasteiger charge is 0.707. The maximum atomic E-state index is 7.00. The number of hydrogen-bond acceptors (Lipinski definition) is 4. The third kappa shape index (κ3) is 1670. The first kappa shape index (κ1) is 4810. The van der Waals surface area contributed by atoms with Crippen LogP contribution in [0.4, 0.5) is 0 Å². The lowest BCUT2D eigenvalue weighted by molar-refractivity contribution is 0.823. The minimum Gasteiger partial charge on any atom is -0.870 e. The van der Waals surface area contributed by atoms with E-state index in [0.717, 1.165) is 0 Å². The van der Waals surface area contributed by atoms with E-state index in [1.807, 2.05) is 0 Å². The molecule has 0 aromatic rings.